The van der Waals surface area contributed by atoms with E-state index in [2.05, 4.69) is 213 Å². The van der Waals surface area contributed by atoms with Gasteiger partial charge in [-0.05, 0) is 128 Å². The quantitative estimate of drug-likeness (QED) is 0.161. The van der Waals surface area contributed by atoms with Gasteiger partial charge in [0.25, 0.3) is 6.71 Å². The molecule has 4 aliphatic rings. The van der Waals surface area contributed by atoms with E-state index in [1.54, 1.807) is 0 Å². The molecule has 8 aromatic carbocycles. The molecule has 284 valence electrons. The Morgan fingerprint density at radius 3 is 1.83 bits per heavy atom. The van der Waals surface area contributed by atoms with Crippen LogP contribution in [0.2, 0.25) is 0 Å². The molecule has 0 unspecified atom stereocenters. The number of anilines is 6. The zero-order valence-corrected chi connectivity index (χ0v) is 34.9. The minimum absolute atomic E-state index is 0.00914. The predicted molar refractivity (Wildman–Crippen MR) is 256 cm³/mol. The maximum absolute atomic E-state index is 2.62. The standard InChI is InChI=1S/C56H41BN2S/c1-34-25-28-37(29-26-34)59-50-24-14-23-49-52(50)57(47-21-12-13-22-48(47)58(49)36-15-6-5-7-16-36)54-53(59)42-32-46-41(33-51(42)60-54)40-30-27-35(55(2,3)4)31-45(40)56(46)43-19-10-8-17-38(43)39-18-9-11-20-44(39)56/h5-33H,1-4H3. The molecule has 0 amide bonds. The third-order valence-electron chi connectivity index (χ3n) is 13.9. The Hall–Kier alpha value is -6.62. The molecule has 1 aromatic heterocycles. The topological polar surface area (TPSA) is 6.48 Å². The number of rotatable bonds is 2. The van der Waals surface area contributed by atoms with Crippen molar-refractivity contribution in [2.45, 2.75) is 38.5 Å². The van der Waals surface area contributed by atoms with Crippen LogP contribution in [0.25, 0.3) is 32.3 Å². The first-order valence-corrected chi connectivity index (χ1v) is 22.0. The normalized spacial score (nSPS) is 14.7. The summed E-state index contributed by atoms with van der Waals surface area (Å²) in [5, 5.41) is 1.32. The second-order valence-electron chi connectivity index (χ2n) is 18.1. The highest BCUT2D eigenvalue weighted by molar-refractivity contribution is 7.33. The summed E-state index contributed by atoms with van der Waals surface area (Å²) in [6.07, 6.45) is 0. The lowest BCUT2D eigenvalue weighted by molar-refractivity contribution is 0.588. The van der Waals surface area contributed by atoms with Crippen molar-refractivity contribution in [2.75, 3.05) is 9.80 Å². The number of aryl methyl sites for hydroxylation is 1. The van der Waals surface area contributed by atoms with Crippen molar-refractivity contribution < 1.29 is 0 Å². The van der Waals surface area contributed by atoms with Gasteiger partial charge in [0.15, 0.2) is 0 Å². The fourth-order valence-corrected chi connectivity index (χ4v) is 12.6. The molecular formula is C56H41BN2S. The first kappa shape index (κ1) is 34.3. The maximum Gasteiger partial charge on any atom is 0.264 e. The highest BCUT2D eigenvalue weighted by atomic mass is 32.1. The van der Waals surface area contributed by atoms with Gasteiger partial charge in [-0.2, -0.15) is 0 Å². The van der Waals surface area contributed by atoms with E-state index < -0.39 is 5.41 Å². The van der Waals surface area contributed by atoms with Crippen LogP contribution in [0.1, 0.15) is 54.2 Å². The van der Waals surface area contributed by atoms with E-state index in [1.165, 1.54) is 116 Å². The average Bonchev–Trinajstić information content (AvgIpc) is 3.89. The molecule has 13 rings (SSSR count). The number of nitrogens with zero attached hydrogens (tertiary/aromatic N) is 2. The summed E-state index contributed by atoms with van der Waals surface area (Å²) < 4.78 is 2.73. The Kier molecular flexibility index (Phi) is 6.85. The van der Waals surface area contributed by atoms with Crippen LogP contribution in [0.3, 0.4) is 0 Å². The van der Waals surface area contributed by atoms with Crippen molar-refractivity contribution in [3.8, 4) is 22.3 Å². The van der Waals surface area contributed by atoms with Gasteiger partial charge < -0.3 is 9.80 Å². The molecule has 0 saturated carbocycles. The van der Waals surface area contributed by atoms with E-state index in [0.717, 1.165) is 0 Å². The molecule has 0 N–H and O–H groups in total. The van der Waals surface area contributed by atoms with Crippen molar-refractivity contribution in [2.24, 2.45) is 0 Å². The van der Waals surface area contributed by atoms with E-state index in [0.29, 0.717) is 0 Å². The summed E-state index contributed by atoms with van der Waals surface area (Å²) in [6.45, 7) is 9.29. The van der Waals surface area contributed by atoms with Gasteiger partial charge in [-0.25, -0.2) is 0 Å². The smallest absolute Gasteiger partial charge is 0.264 e. The zero-order valence-electron chi connectivity index (χ0n) is 34.1. The average molecular weight is 785 g/mol. The summed E-state index contributed by atoms with van der Waals surface area (Å²) in [5.74, 6) is 0. The number of benzene rings is 8. The van der Waals surface area contributed by atoms with Crippen LogP contribution < -0.4 is 25.5 Å². The van der Waals surface area contributed by atoms with Crippen molar-refractivity contribution in [3.05, 3.63) is 209 Å². The van der Waals surface area contributed by atoms with E-state index in [1.807, 2.05) is 11.3 Å². The Labute approximate surface area is 356 Å². The Morgan fingerprint density at radius 2 is 1.10 bits per heavy atom. The SMILES string of the molecule is Cc1ccc(N2c3cccc4c3B(c3ccccc3N4c3ccccc3)c3sc4cc5c(cc4c32)C2(c3ccccc3-c3ccccc32)c2cc(C(C)(C)C)ccc2-5)cc1. The number of para-hydroxylation sites is 2. The van der Waals surface area contributed by atoms with Crippen LogP contribution in [0.15, 0.2) is 176 Å². The minimum Gasteiger partial charge on any atom is -0.311 e. The molecule has 0 radical (unpaired) electrons. The highest BCUT2D eigenvalue weighted by Crippen LogP contribution is 2.64. The minimum atomic E-state index is -0.440. The predicted octanol–water partition coefficient (Wildman–Crippen LogP) is 12.9. The van der Waals surface area contributed by atoms with E-state index in [4.69, 9.17) is 0 Å². The maximum atomic E-state index is 2.62. The van der Waals surface area contributed by atoms with Gasteiger partial charge >= 0.3 is 0 Å². The fourth-order valence-electron chi connectivity index (χ4n) is 11.3. The summed E-state index contributed by atoms with van der Waals surface area (Å²) in [6, 6.07) is 67.0. The van der Waals surface area contributed by atoms with E-state index in [-0.39, 0.29) is 12.1 Å². The van der Waals surface area contributed by atoms with Gasteiger partial charge in [-0.1, -0.05) is 148 Å². The summed E-state index contributed by atoms with van der Waals surface area (Å²) in [4.78, 5) is 5.07. The zero-order chi connectivity index (χ0) is 40.1. The fraction of sp³-hybridized carbons (Fsp3) is 0.107. The lowest BCUT2D eigenvalue weighted by atomic mass is 9.36. The first-order chi connectivity index (χ1) is 29.3. The molecule has 2 aliphatic heterocycles. The molecule has 3 heterocycles. The first-order valence-electron chi connectivity index (χ1n) is 21.2. The van der Waals surface area contributed by atoms with E-state index >= 15 is 0 Å². The van der Waals surface area contributed by atoms with Crippen LogP contribution in [-0.4, -0.2) is 6.71 Å². The molecule has 60 heavy (non-hydrogen) atoms. The van der Waals surface area contributed by atoms with Gasteiger partial charge in [0.05, 0.1) is 11.1 Å². The number of fused-ring (bicyclic) bond motifs is 16. The van der Waals surface area contributed by atoms with Crippen LogP contribution in [-0.2, 0) is 10.8 Å². The summed E-state index contributed by atoms with van der Waals surface area (Å²) >= 11 is 1.99. The molecule has 0 fully saturated rings. The van der Waals surface area contributed by atoms with Crippen LogP contribution >= 0.6 is 11.3 Å². The molecule has 0 saturated heterocycles. The molecular weight excluding hydrogens is 744 g/mol. The van der Waals surface area contributed by atoms with Crippen molar-refractivity contribution in [1.82, 2.24) is 0 Å². The van der Waals surface area contributed by atoms with Crippen molar-refractivity contribution >= 4 is 78.0 Å². The van der Waals surface area contributed by atoms with Crippen molar-refractivity contribution in [3.63, 3.8) is 0 Å². The van der Waals surface area contributed by atoms with Gasteiger partial charge in [0.1, 0.15) is 0 Å². The van der Waals surface area contributed by atoms with Gasteiger partial charge in [-0.3, -0.25) is 0 Å². The lowest BCUT2D eigenvalue weighted by Crippen LogP contribution is -2.60. The number of thiophene rings is 1. The van der Waals surface area contributed by atoms with Gasteiger partial charge in [0, 0.05) is 43.3 Å². The summed E-state index contributed by atoms with van der Waals surface area (Å²) in [7, 11) is 0. The third-order valence-corrected chi connectivity index (χ3v) is 15.1. The summed E-state index contributed by atoms with van der Waals surface area (Å²) in [5.41, 5.74) is 23.2. The van der Waals surface area contributed by atoms with Crippen LogP contribution in [0, 0.1) is 6.92 Å². The van der Waals surface area contributed by atoms with Gasteiger partial charge in [-0.15, -0.1) is 11.3 Å². The third kappa shape index (κ3) is 4.34. The number of hydrogen-bond donors (Lipinski definition) is 0. The Morgan fingerprint density at radius 1 is 0.500 bits per heavy atom. The van der Waals surface area contributed by atoms with Crippen LogP contribution in [0.5, 0.6) is 0 Å². The largest absolute Gasteiger partial charge is 0.311 e. The monoisotopic (exact) mass is 784 g/mol. The lowest BCUT2D eigenvalue weighted by Gasteiger charge is -2.43. The number of hydrogen-bond acceptors (Lipinski definition) is 3. The molecule has 2 nitrogen and oxygen atoms in total. The molecule has 0 atom stereocenters. The Bertz CT molecular complexity index is 3240. The molecule has 1 spiro atoms. The Balaban J connectivity index is 1.15. The molecule has 9 aromatic rings. The highest BCUT2D eigenvalue weighted by Gasteiger charge is 2.53. The second-order valence-corrected chi connectivity index (χ2v) is 19.2. The van der Waals surface area contributed by atoms with Crippen molar-refractivity contribution in [1.29, 1.82) is 0 Å². The van der Waals surface area contributed by atoms with E-state index in [9.17, 15) is 0 Å². The molecule has 0 bridgehead atoms. The molecule has 2 aliphatic carbocycles. The van der Waals surface area contributed by atoms with Crippen LogP contribution in [0.4, 0.5) is 34.1 Å². The molecule has 4 heteroatoms. The van der Waals surface area contributed by atoms with Gasteiger partial charge in [0.2, 0.25) is 0 Å². The second kappa shape index (κ2) is 12.0.